The van der Waals surface area contributed by atoms with Gasteiger partial charge in [-0.3, -0.25) is 4.79 Å². The molecule has 0 aliphatic rings. The number of aryl methyl sites for hydroxylation is 1. The number of anilines is 1. The van der Waals surface area contributed by atoms with Crippen molar-refractivity contribution >= 4 is 17.6 Å². The van der Waals surface area contributed by atoms with Gasteiger partial charge in [0.2, 0.25) is 5.76 Å². The Balaban J connectivity index is 1.98. The molecule has 1 amide bonds. The number of rotatable bonds is 4. The summed E-state index contributed by atoms with van der Waals surface area (Å²) in [6.07, 6.45) is -1.21. The van der Waals surface area contributed by atoms with Crippen LogP contribution in [0.25, 0.3) is 0 Å². The van der Waals surface area contributed by atoms with Gasteiger partial charge in [-0.1, -0.05) is 5.16 Å². The maximum absolute atomic E-state index is 13.4. The first-order valence-corrected chi connectivity index (χ1v) is 6.27. The van der Waals surface area contributed by atoms with Crippen LogP contribution in [-0.4, -0.2) is 23.1 Å². The molecule has 0 aliphatic carbocycles. The molecule has 1 aromatic heterocycles. The minimum Gasteiger partial charge on any atom is -0.447 e. The van der Waals surface area contributed by atoms with Crippen molar-refractivity contribution in [2.45, 2.75) is 20.0 Å². The summed E-state index contributed by atoms with van der Waals surface area (Å²) >= 11 is 0. The molecule has 0 fully saturated rings. The van der Waals surface area contributed by atoms with Gasteiger partial charge in [0.05, 0.1) is 11.4 Å². The number of hydrogen-bond acceptors (Lipinski definition) is 5. The second-order valence-electron chi connectivity index (χ2n) is 4.49. The molecule has 0 aliphatic heterocycles. The Labute approximate surface area is 124 Å². The maximum Gasteiger partial charge on any atom is 0.377 e. The zero-order valence-corrected chi connectivity index (χ0v) is 11.7. The van der Waals surface area contributed by atoms with E-state index < -0.39 is 29.6 Å². The van der Waals surface area contributed by atoms with Gasteiger partial charge >= 0.3 is 5.97 Å². The Kier molecular flexibility index (Phi) is 4.50. The van der Waals surface area contributed by atoms with E-state index in [2.05, 4.69) is 10.5 Å². The fourth-order valence-electron chi connectivity index (χ4n) is 1.56. The van der Waals surface area contributed by atoms with E-state index in [0.717, 1.165) is 12.1 Å². The third-order valence-corrected chi connectivity index (χ3v) is 2.67. The number of ether oxygens (including phenoxy) is 1. The summed E-state index contributed by atoms with van der Waals surface area (Å²) in [5.41, 5.74) is 0.266. The smallest absolute Gasteiger partial charge is 0.377 e. The van der Waals surface area contributed by atoms with E-state index in [0.29, 0.717) is 11.8 Å². The van der Waals surface area contributed by atoms with E-state index in [1.54, 1.807) is 6.92 Å². The van der Waals surface area contributed by atoms with Gasteiger partial charge in [-0.25, -0.2) is 13.6 Å². The molecule has 1 heterocycles. The minimum atomic E-state index is -1.21. The third kappa shape index (κ3) is 3.66. The first-order chi connectivity index (χ1) is 10.4. The van der Waals surface area contributed by atoms with Gasteiger partial charge in [0.15, 0.2) is 6.10 Å². The van der Waals surface area contributed by atoms with Gasteiger partial charge in [0.1, 0.15) is 11.6 Å². The SMILES string of the molecule is Cc1cc(C(=O)O[C@@H](C)C(=O)Nc2ccc(F)cc2F)on1. The molecule has 1 aromatic carbocycles. The van der Waals surface area contributed by atoms with Gasteiger partial charge in [-0.05, 0) is 26.0 Å². The summed E-state index contributed by atoms with van der Waals surface area (Å²) in [5, 5.41) is 5.71. The average Bonchev–Trinajstić information content (AvgIpc) is 2.88. The van der Waals surface area contributed by atoms with Crippen molar-refractivity contribution < 1.29 is 27.6 Å². The molecule has 22 heavy (non-hydrogen) atoms. The molecule has 1 N–H and O–H groups in total. The second-order valence-corrected chi connectivity index (χ2v) is 4.49. The largest absolute Gasteiger partial charge is 0.447 e. The number of amides is 1. The monoisotopic (exact) mass is 310 g/mol. The van der Waals surface area contributed by atoms with Crippen LogP contribution in [-0.2, 0) is 9.53 Å². The van der Waals surface area contributed by atoms with Gasteiger partial charge in [0, 0.05) is 12.1 Å². The van der Waals surface area contributed by atoms with E-state index in [9.17, 15) is 18.4 Å². The molecule has 116 valence electrons. The quantitative estimate of drug-likeness (QED) is 0.877. The van der Waals surface area contributed by atoms with Crippen LogP contribution in [0.3, 0.4) is 0 Å². The molecule has 2 aromatic rings. The van der Waals surface area contributed by atoms with Crippen LogP contribution in [0, 0.1) is 18.6 Å². The lowest BCUT2D eigenvalue weighted by Crippen LogP contribution is -2.30. The van der Waals surface area contributed by atoms with Crippen molar-refractivity contribution in [2.75, 3.05) is 5.32 Å². The zero-order valence-electron chi connectivity index (χ0n) is 11.7. The van der Waals surface area contributed by atoms with Crippen LogP contribution in [0.4, 0.5) is 14.5 Å². The number of halogens is 2. The summed E-state index contributed by atoms with van der Waals surface area (Å²) in [6, 6.07) is 4.04. The van der Waals surface area contributed by atoms with Crippen molar-refractivity contribution in [1.29, 1.82) is 0 Å². The number of aromatic nitrogens is 1. The summed E-state index contributed by atoms with van der Waals surface area (Å²) in [5.74, 6) is -3.49. The van der Waals surface area contributed by atoms with Crippen LogP contribution in [0.1, 0.15) is 23.2 Å². The summed E-state index contributed by atoms with van der Waals surface area (Å²) < 4.78 is 35.8. The van der Waals surface area contributed by atoms with Gasteiger partial charge in [-0.15, -0.1) is 0 Å². The molecule has 6 nitrogen and oxygen atoms in total. The first-order valence-electron chi connectivity index (χ1n) is 6.27. The maximum atomic E-state index is 13.4. The number of nitrogens with one attached hydrogen (secondary N) is 1. The van der Waals surface area contributed by atoms with Gasteiger partial charge in [0.25, 0.3) is 5.91 Å². The highest BCUT2D eigenvalue weighted by molar-refractivity contribution is 5.96. The molecule has 1 atom stereocenters. The van der Waals surface area contributed by atoms with Gasteiger partial charge in [-0.2, -0.15) is 0 Å². The van der Waals surface area contributed by atoms with E-state index in [1.165, 1.54) is 13.0 Å². The Morgan fingerprint density at radius 3 is 2.64 bits per heavy atom. The molecule has 0 saturated heterocycles. The fourth-order valence-corrected chi connectivity index (χ4v) is 1.56. The number of benzene rings is 1. The molecule has 0 radical (unpaired) electrons. The molecule has 0 saturated carbocycles. The molecule has 8 heteroatoms. The Morgan fingerprint density at radius 2 is 2.05 bits per heavy atom. The molecule has 0 bridgehead atoms. The average molecular weight is 310 g/mol. The van der Waals surface area contributed by atoms with Crippen molar-refractivity contribution in [1.82, 2.24) is 5.16 Å². The summed E-state index contributed by atoms with van der Waals surface area (Å²) in [4.78, 5) is 23.5. The van der Waals surface area contributed by atoms with E-state index >= 15 is 0 Å². The standard InChI is InChI=1S/C14H12F2N2O4/c1-7-5-12(22-18-7)14(20)21-8(2)13(19)17-11-4-3-9(15)6-10(11)16/h3-6,8H,1-2H3,(H,17,19)/t8-/m0/s1. The van der Waals surface area contributed by atoms with Crippen LogP contribution in [0.2, 0.25) is 0 Å². The van der Waals surface area contributed by atoms with E-state index in [4.69, 9.17) is 9.26 Å². The number of nitrogens with zero attached hydrogens (tertiary/aromatic N) is 1. The Bertz CT molecular complexity index is 715. The third-order valence-electron chi connectivity index (χ3n) is 2.67. The van der Waals surface area contributed by atoms with Crippen LogP contribution >= 0.6 is 0 Å². The minimum absolute atomic E-state index is 0.148. The van der Waals surface area contributed by atoms with Crippen molar-refractivity contribution in [3.8, 4) is 0 Å². The fraction of sp³-hybridized carbons (Fsp3) is 0.214. The second kappa shape index (κ2) is 6.33. The summed E-state index contributed by atoms with van der Waals surface area (Å²) in [6.45, 7) is 2.92. The molecule has 2 rings (SSSR count). The van der Waals surface area contributed by atoms with Crippen LogP contribution < -0.4 is 5.32 Å². The van der Waals surface area contributed by atoms with Crippen molar-refractivity contribution in [3.63, 3.8) is 0 Å². The molecule has 0 spiro atoms. The Hall–Kier alpha value is -2.77. The molecular formula is C14H12F2N2O4. The predicted octanol–water partition coefficient (Wildman–Crippen LogP) is 2.45. The Morgan fingerprint density at radius 1 is 1.32 bits per heavy atom. The normalized spacial score (nSPS) is 11.8. The molecule has 0 unspecified atom stereocenters. The molecular weight excluding hydrogens is 298 g/mol. The van der Waals surface area contributed by atoms with E-state index in [1.807, 2.05) is 0 Å². The van der Waals surface area contributed by atoms with E-state index in [-0.39, 0.29) is 11.4 Å². The lowest BCUT2D eigenvalue weighted by Gasteiger charge is -2.12. The highest BCUT2D eigenvalue weighted by atomic mass is 19.1. The highest BCUT2D eigenvalue weighted by Crippen LogP contribution is 2.15. The summed E-state index contributed by atoms with van der Waals surface area (Å²) in [7, 11) is 0. The predicted molar refractivity (Wildman–Crippen MR) is 71.1 cm³/mol. The van der Waals surface area contributed by atoms with Crippen LogP contribution in [0.5, 0.6) is 0 Å². The zero-order chi connectivity index (χ0) is 16.3. The first kappa shape index (κ1) is 15.6. The lowest BCUT2D eigenvalue weighted by molar-refractivity contribution is -0.123. The van der Waals surface area contributed by atoms with Crippen LogP contribution in [0.15, 0.2) is 28.8 Å². The number of carbonyl (C=O) groups is 2. The topological polar surface area (TPSA) is 81.4 Å². The number of carbonyl (C=O) groups excluding carboxylic acids is 2. The van der Waals surface area contributed by atoms with Crippen molar-refractivity contribution in [2.24, 2.45) is 0 Å². The van der Waals surface area contributed by atoms with Crippen molar-refractivity contribution in [3.05, 3.63) is 47.4 Å². The number of esters is 1. The highest BCUT2D eigenvalue weighted by Gasteiger charge is 2.22. The lowest BCUT2D eigenvalue weighted by atomic mass is 10.2. The number of hydrogen-bond donors (Lipinski definition) is 1. The van der Waals surface area contributed by atoms with Gasteiger partial charge < -0.3 is 14.6 Å².